The van der Waals surface area contributed by atoms with Crippen LogP contribution in [0.2, 0.25) is 0 Å². The number of nitrogens with one attached hydrogen (secondary N) is 1. The van der Waals surface area contributed by atoms with Crippen LogP contribution in [0.3, 0.4) is 0 Å². The molecule has 0 unspecified atom stereocenters. The lowest BCUT2D eigenvalue weighted by Gasteiger charge is -2.11. The fourth-order valence-corrected chi connectivity index (χ4v) is 2.30. The Morgan fingerprint density at radius 1 is 1.12 bits per heavy atom. The molecular formula is C17H20BNO5. The van der Waals surface area contributed by atoms with Crippen LogP contribution in [-0.4, -0.2) is 43.8 Å². The molecule has 0 heterocycles. The third kappa shape index (κ3) is 4.50. The van der Waals surface area contributed by atoms with Gasteiger partial charge in [-0.1, -0.05) is 18.2 Å². The van der Waals surface area contributed by atoms with E-state index in [1.54, 1.807) is 7.11 Å². The summed E-state index contributed by atoms with van der Waals surface area (Å²) in [6.07, 6.45) is 0.665. The van der Waals surface area contributed by atoms with Gasteiger partial charge in [-0.25, -0.2) is 0 Å². The first kappa shape index (κ1) is 17.8. The normalized spacial score (nSPS) is 10.2. The molecule has 0 fully saturated rings. The predicted molar refractivity (Wildman–Crippen MR) is 91.9 cm³/mol. The van der Waals surface area contributed by atoms with Crippen molar-refractivity contribution in [2.45, 2.75) is 6.42 Å². The molecule has 0 radical (unpaired) electrons. The zero-order valence-electron chi connectivity index (χ0n) is 13.7. The van der Waals surface area contributed by atoms with Gasteiger partial charge in [0, 0.05) is 6.54 Å². The third-order valence-corrected chi connectivity index (χ3v) is 3.60. The Labute approximate surface area is 141 Å². The van der Waals surface area contributed by atoms with Crippen molar-refractivity contribution in [3.05, 3.63) is 53.6 Å². The van der Waals surface area contributed by atoms with E-state index in [1.807, 2.05) is 24.3 Å². The Kier molecular flexibility index (Phi) is 6.23. The highest BCUT2D eigenvalue weighted by molar-refractivity contribution is 6.58. The Bertz CT molecular complexity index is 705. The summed E-state index contributed by atoms with van der Waals surface area (Å²) in [6, 6.07) is 12.1. The van der Waals surface area contributed by atoms with Crippen LogP contribution in [0.5, 0.6) is 11.5 Å². The van der Waals surface area contributed by atoms with Crippen molar-refractivity contribution < 1.29 is 24.3 Å². The maximum atomic E-state index is 12.3. The highest BCUT2D eigenvalue weighted by Crippen LogP contribution is 2.16. The lowest BCUT2D eigenvalue weighted by atomic mass is 9.80. The van der Waals surface area contributed by atoms with Gasteiger partial charge >= 0.3 is 7.12 Å². The molecular weight excluding hydrogens is 309 g/mol. The maximum Gasteiger partial charge on any atom is 0.488 e. The van der Waals surface area contributed by atoms with Crippen molar-refractivity contribution in [2.75, 3.05) is 20.8 Å². The Morgan fingerprint density at radius 3 is 2.58 bits per heavy atom. The van der Waals surface area contributed by atoms with Crippen LogP contribution in [0.25, 0.3) is 0 Å². The molecule has 0 saturated carbocycles. The topological polar surface area (TPSA) is 88.0 Å². The van der Waals surface area contributed by atoms with Crippen molar-refractivity contribution in [2.24, 2.45) is 0 Å². The predicted octanol–water partition coefficient (Wildman–Crippen LogP) is 0.356. The summed E-state index contributed by atoms with van der Waals surface area (Å²) in [5.74, 6) is 0.784. The molecule has 6 nitrogen and oxygen atoms in total. The van der Waals surface area contributed by atoms with Gasteiger partial charge in [0.05, 0.1) is 19.8 Å². The van der Waals surface area contributed by atoms with E-state index in [1.165, 1.54) is 25.3 Å². The zero-order valence-corrected chi connectivity index (χ0v) is 13.7. The van der Waals surface area contributed by atoms with E-state index in [2.05, 4.69) is 5.32 Å². The number of benzene rings is 2. The first-order chi connectivity index (χ1) is 11.5. The van der Waals surface area contributed by atoms with Crippen LogP contribution in [0.15, 0.2) is 42.5 Å². The van der Waals surface area contributed by atoms with Gasteiger partial charge in [-0.05, 0) is 41.7 Å². The number of carbonyl (C=O) groups is 1. The van der Waals surface area contributed by atoms with Crippen LogP contribution in [0.4, 0.5) is 0 Å². The molecule has 1 amide bonds. The average Bonchev–Trinajstić information content (AvgIpc) is 2.61. The van der Waals surface area contributed by atoms with Gasteiger partial charge in [0.2, 0.25) is 0 Å². The Morgan fingerprint density at radius 2 is 1.92 bits per heavy atom. The fourth-order valence-electron chi connectivity index (χ4n) is 2.30. The van der Waals surface area contributed by atoms with E-state index < -0.39 is 7.12 Å². The summed E-state index contributed by atoms with van der Waals surface area (Å²) in [7, 11) is 1.43. The molecule has 0 aromatic heterocycles. The van der Waals surface area contributed by atoms with E-state index in [-0.39, 0.29) is 11.4 Å². The molecule has 0 aliphatic heterocycles. The quantitative estimate of drug-likeness (QED) is 0.638. The van der Waals surface area contributed by atoms with Gasteiger partial charge in [0.25, 0.3) is 5.91 Å². The van der Waals surface area contributed by atoms with Crippen LogP contribution in [-0.2, 0) is 6.42 Å². The minimum absolute atomic E-state index is 0.264. The molecule has 0 saturated heterocycles. The molecule has 2 aromatic rings. The smallest absolute Gasteiger partial charge is 0.488 e. The second kappa shape index (κ2) is 8.38. The minimum Gasteiger partial charge on any atom is -0.497 e. The van der Waals surface area contributed by atoms with Gasteiger partial charge < -0.3 is 24.8 Å². The van der Waals surface area contributed by atoms with Crippen molar-refractivity contribution >= 4 is 18.5 Å². The Balaban J connectivity index is 1.99. The number of ether oxygens (including phenoxy) is 2. The largest absolute Gasteiger partial charge is 0.497 e. The first-order valence-electron chi connectivity index (χ1n) is 7.50. The van der Waals surface area contributed by atoms with Crippen molar-refractivity contribution in [3.63, 3.8) is 0 Å². The number of carbonyl (C=O) groups excluding carboxylic acids is 1. The summed E-state index contributed by atoms with van der Waals surface area (Å²) in [6.45, 7) is 0.458. The van der Waals surface area contributed by atoms with Crippen LogP contribution >= 0.6 is 0 Å². The van der Waals surface area contributed by atoms with Gasteiger partial charge in [0.15, 0.2) is 0 Å². The molecule has 7 heteroatoms. The molecule has 0 aliphatic carbocycles. The SMILES string of the molecule is COc1cccc(CCNC(=O)c2ccc(B(O)O)cc2OC)c1. The van der Waals surface area contributed by atoms with Crippen LogP contribution < -0.4 is 20.3 Å². The lowest BCUT2D eigenvalue weighted by Crippen LogP contribution is -2.31. The van der Waals surface area contributed by atoms with E-state index in [0.717, 1.165) is 11.3 Å². The second-order valence-electron chi connectivity index (χ2n) is 5.19. The number of methoxy groups -OCH3 is 2. The number of hydrogen-bond donors (Lipinski definition) is 3. The Hall–Kier alpha value is -2.51. The highest BCUT2D eigenvalue weighted by atomic mass is 16.5. The van der Waals surface area contributed by atoms with Gasteiger partial charge in [-0.3, -0.25) is 4.79 Å². The van der Waals surface area contributed by atoms with Gasteiger partial charge in [-0.15, -0.1) is 0 Å². The minimum atomic E-state index is -1.61. The molecule has 126 valence electrons. The van der Waals surface area contributed by atoms with Crippen LogP contribution in [0, 0.1) is 0 Å². The highest BCUT2D eigenvalue weighted by Gasteiger charge is 2.17. The summed E-state index contributed by atoms with van der Waals surface area (Å²) >= 11 is 0. The van der Waals surface area contributed by atoms with Crippen molar-refractivity contribution in [3.8, 4) is 11.5 Å². The number of amides is 1. The van der Waals surface area contributed by atoms with Crippen LogP contribution in [0.1, 0.15) is 15.9 Å². The van der Waals surface area contributed by atoms with Crippen molar-refractivity contribution in [1.29, 1.82) is 0 Å². The fraction of sp³-hybridized carbons (Fsp3) is 0.235. The van der Waals surface area contributed by atoms with E-state index in [9.17, 15) is 14.8 Å². The summed E-state index contributed by atoms with van der Waals surface area (Å²) < 4.78 is 10.3. The first-order valence-corrected chi connectivity index (χ1v) is 7.50. The summed E-state index contributed by atoms with van der Waals surface area (Å²) in [4.78, 5) is 12.3. The van der Waals surface area contributed by atoms with E-state index in [0.29, 0.717) is 24.3 Å². The molecule has 0 aliphatic rings. The van der Waals surface area contributed by atoms with Gasteiger partial charge in [-0.2, -0.15) is 0 Å². The molecule has 24 heavy (non-hydrogen) atoms. The molecule has 0 atom stereocenters. The standard InChI is InChI=1S/C17H20BNO5/c1-23-14-5-3-4-12(10-14)8-9-19-17(20)15-7-6-13(18(21)22)11-16(15)24-2/h3-7,10-11,21-22H,8-9H2,1-2H3,(H,19,20). The molecule has 2 rings (SSSR count). The van der Waals surface area contributed by atoms with E-state index in [4.69, 9.17) is 9.47 Å². The summed E-state index contributed by atoms with van der Waals surface area (Å²) in [5.41, 5.74) is 1.66. The third-order valence-electron chi connectivity index (χ3n) is 3.60. The molecule has 2 aromatic carbocycles. The number of hydrogen-bond acceptors (Lipinski definition) is 5. The average molecular weight is 329 g/mol. The maximum absolute atomic E-state index is 12.3. The van der Waals surface area contributed by atoms with Gasteiger partial charge in [0.1, 0.15) is 11.5 Å². The zero-order chi connectivity index (χ0) is 17.5. The molecule has 0 bridgehead atoms. The van der Waals surface area contributed by atoms with E-state index >= 15 is 0 Å². The molecule has 0 spiro atoms. The summed E-state index contributed by atoms with van der Waals surface area (Å²) in [5, 5.41) is 21.2. The monoisotopic (exact) mass is 329 g/mol. The second-order valence-corrected chi connectivity index (χ2v) is 5.19. The lowest BCUT2D eigenvalue weighted by molar-refractivity contribution is 0.0951. The molecule has 3 N–H and O–H groups in total. The van der Waals surface area contributed by atoms with Crippen molar-refractivity contribution in [1.82, 2.24) is 5.32 Å². The number of rotatable bonds is 7.